The number of fused-ring (bicyclic) bond motifs is 1. The first-order chi connectivity index (χ1) is 8.13. The summed E-state index contributed by atoms with van der Waals surface area (Å²) in [5.41, 5.74) is 7.34. The average molecular weight is 300 g/mol. The molecule has 0 fully saturated rings. The number of hydrogen-bond acceptors (Lipinski definition) is 2. The Morgan fingerprint density at radius 2 is 2.18 bits per heavy atom. The van der Waals surface area contributed by atoms with Gasteiger partial charge in [-0.1, -0.05) is 19.8 Å². The molecule has 0 saturated heterocycles. The molecule has 17 heavy (non-hydrogen) atoms. The molecule has 2 rings (SSSR count). The van der Waals surface area contributed by atoms with Crippen LogP contribution >= 0.6 is 15.9 Å². The van der Waals surface area contributed by atoms with Crippen LogP contribution in [0.3, 0.4) is 0 Å². The van der Waals surface area contributed by atoms with Crippen molar-refractivity contribution in [2.45, 2.75) is 32.7 Å². The van der Waals surface area contributed by atoms with E-state index in [1.165, 1.54) is 6.07 Å². The van der Waals surface area contributed by atoms with Crippen molar-refractivity contribution in [1.29, 1.82) is 0 Å². The lowest BCUT2D eigenvalue weighted by Gasteiger charge is -2.05. The SMILES string of the molecule is CCCCCn1c(N)nc2cc(F)c(Br)cc21. The molecule has 0 aliphatic rings. The molecule has 0 radical (unpaired) electrons. The highest BCUT2D eigenvalue weighted by atomic mass is 79.9. The highest BCUT2D eigenvalue weighted by Crippen LogP contribution is 2.25. The first-order valence-corrected chi connectivity index (χ1v) is 6.53. The minimum Gasteiger partial charge on any atom is -0.369 e. The fourth-order valence-electron chi connectivity index (χ4n) is 1.89. The van der Waals surface area contributed by atoms with Gasteiger partial charge in [0, 0.05) is 12.6 Å². The summed E-state index contributed by atoms with van der Waals surface area (Å²) < 4.78 is 15.7. The number of nitrogens with zero attached hydrogens (tertiary/aromatic N) is 2. The number of unbranched alkanes of at least 4 members (excludes halogenated alkanes) is 2. The normalized spacial score (nSPS) is 11.2. The fraction of sp³-hybridized carbons (Fsp3) is 0.417. The summed E-state index contributed by atoms with van der Waals surface area (Å²) in [5.74, 6) is 0.143. The first kappa shape index (κ1) is 12.4. The van der Waals surface area contributed by atoms with Crippen LogP contribution in [0.25, 0.3) is 11.0 Å². The smallest absolute Gasteiger partial charge is 0.201 e. The van der Waals surface area contributed by atoms with E-state index in [9.17, 15) is 4.39 Å². The zero-order chi connectivity index (χ0) is 12.4. The fourth-order valence-corrected chi connectivity index (χ4v) is 2.22. The van der Waals surface area contributed by atoms with Crippen molar-refractivity contribution in [3.63, 3.8) is 0 Å². The molecule has 0 amide bonds. The van der Waals surface area contributed by atoms with Crippen LogP contribution in [0.2, 0.25) is 0 Å². The molecule has 0 atom stereocenters. The first-order valence-electron chi connectivity index (χ1n) is 5.74. The number of nitrogen functional groups attached to an aromatic ring is 1. The molecule has 0 spiro atoms. The lowest BCUT2D eigenvalue weighted by atomic mass is 10.2. The van der Waals surface area contributed by atoms with E-state index in [4.69, 9.17) is 5.73 Å². The quantitative estimate of drug-likeness (QED) is 0.875. The number of nitrogens with two attached hydrogens (primary N) is 1. The van der Waals surface area contributed by atoms with Gasteiger partial charge >= 0.3 is 0 Å². The molecule has 0 bridgehead atoms. The van der Waals surface area contributed by atoms with Gasteiger partial charge in [0.2, 0.25) is 5.95 Å². The zero-order valence-electron chi connectivity index (χ0n) is 9.71. The summed E-state index contributed by atoms with van der Waals surface area (Å²) in [5, 5.41) is 0. The molecule has 0 aliphatic heterocycles. The standard InChI is InChI=1S/C12H15BrFN3/c1-2-3-4-5-17-11-6-8(13)9(14)7-10(11)16-12(17)15/h6-7H,2-5H2,1H3,(H2,15,16). The number of anilines is 1. The van der Waals surface area contributed by atoms with Gasteiger partial charge < -0.3 is 10.3 Å². The van der Waals surface area contributed by atoms with Gasteiger partial charge in [-0.25, -0.2) is 9.37 Å². The Kier molecular flexibility index (Phi) is 3.66. The van der Waals surface area contributed by atoms with E-state index in [0.29, 0.717) is 15.9 Å². The van der Waals surface area contributed by atoms with E-state index in [0.717, 1.165) is 31.3 Å². The van der Waals surface area contributed by atoms with Gasteiger partial charge in [0.1, 0.15) is 5.82 Å². The third-order valence-electron chi connectivity index (χ3n) is 2.81. The molecule has 5 heteroatoms. The predicted octanol–water partition coefficient (Wildman–Crippen LogP) is 3.71. The van der Waals surface area contributed by atoms with Crippen molar-refractivity contribution in [1.82, 2.24) is 9.55 Å². The summed E-state index contributed by atoms with van der Waals surface area (Å²) >= 11 is 3.18. The molecular weight excluding hydrogens is 285 g/mol. The van der Waals surface area contributed by atoms with Gasteiger partial charge in [0.05, 0.1) is 15.5 Å². The van der Waals surface area contributed by atoms with Crippen LogP contribution in [0, 0.1) is 5.82 Å². The Bertz CT molecular complexity index is 536. The molecule has 2 N–H and O–H groups in total. The second-order valence-corrected chi connectivity index (χ2v) is 4.94. The topological polar surface area (TPSA) is 43.8 Å². The largest absolute Gasteiger partial charge is 0.369 e. The van der Waals surface area contributed by atoms with Crippen LogP contribution in [0.4, 0.5) is 10.3 Å². The van der Waals surface area contributed by atoms with E-state index in [1.54, 1.807) is 6.07 Å². The van der Waals surface area contributed by atoms with Gasteiger partial charge in [-0.2, -0.15) is 0 Å². The molecule has 3 nitrogen and oxygen atoms in total. The minimum atomic E-state index is -0.310. The van der Waals surface area contributed by atoms with Gasteiger partial charge in [0.15, 0.2) is 0 Å². The van der Waals surface area contributed by atoms with Crippen LogP contribution in [-0.2, 0) is 6.54 Å². The highest BCUT2D eigenvalue weighted by molar-refractivity contribution is 9.10. The van der Waals surface area contributed by atoms with E-state index in [-0.39, 0.29) is 5.82 Å². The molecule has 1 aromatic heterocycles. The Morgan fingerprint density at radius 1 is 1.41 bits per heavy atom. The number of aryl methyl sites for hydroxylation is 1. The van der Waals surface area contributed by atoms with Crippen LogP contribution in [0.5, 0.6) is 0 Å². The van der Waals surface area contributed by atoms with Crippen LogP contribution in [0.15, 0.2) is 16.6 Å². The summed E-state index contributed by atoms with van der Waals surface area (Å²) in [6.45, 7) is 2.98. The van der Waals surface area contributed by atoms with E-state index >= 15 is 0 Å². The number of benzene rings is 1. The maximum absolute atomic E-state index is 13.4. The second-order valence-electron chi connectivity index (χ2n) is 4.08. The van der Waals surface area contributed by atoms with Gasteiger partial charge in [-0.3, -0.25) is 0 Å². The lowest BCUT2D eigenvalue weighted by Crippen LogP contribution is -2.03. The molecule has 0 aliphatic carbocycles. The number of imidazole rings is 1. The third-order valence-corrected chi connectivity index (χ3v) is 3.41. The number of hydrogen-bond donors (Lipinski definition) is 1. The van der Waals surface area contributed by atoms with Gasteiger partial charge in [0.25, 0.3) is 0 Å². The maximum Gasteiger partial charge on any atom is 0.201 e. The number of rotatable bonds is 4. The molecule has 1 heterocycles. The van der Waals surface area contributed by atoms with Crippen molar-refractivity contribution < 1.29 is 4.39 Å². The lowest BCUT2D eigenvalue weighted by molar-refractivity contribution is 0.615. The van der Waals surface area contributed by atoms with E-state index < -0.39 is 0 Å². The van der Waals surface area contributed by atoms with Crippen LogP contribution < -0.4 is 5.73 Å². The molecule has 1 aromatic carbocycles. The third kappa shape index (κ3) is 2.44. The number of halogens is 2. The summed E-state index contributed by atoms with van der Waals surface area (Å²) in [7, 11) is 0. The molecular formula is C12H15BrFN3. The molecule has 0 saturated carbocycles. The summed E-state index contributed by atoms with van der Waals surface area (Å²) in [4.78, 5) is 4.17. The van der Waals surface area contributed by atoms with Crippen molar-refractivity contribution in [3.05, 3.63) is 22.4 Å². The molecule has 0 unspecified atom stereocenters. The van der Waals surface area contributed by atoms with Gasteiger partial charge in [-0.15, -0.1) is 0 Å². The van der Waals surface area contributed by atoms with Crippen molar-refractivity contribution in [2.24, 2.45) is 0 Å². The van der Waals surface area contributed by atoms with E-state index in [1.807, 2.05) is 4.57 Å². The predicted molar refractivity (Wildman–Crippen MR) is 71.3 cm³/mol. The Hall–Kier alpha value is -1.10. The Morgan fingerprint density at radius 3 is 2.88 bits per heavy atom. The van der Waals surface area contributed by atoms with Crippen molar-refractivity contribution >= 4 is 32.9 Å². The zero-order valence-corrected chi connectivity index (χ0v) is 11.3. The van der Waals surface area contributed by atoms with Crippen LogP contribution in [-0.4, -0.2) is 9.55 Å². The second kappa shape index (κ2) is 5.04. The maximum atomic E-state index is 13.4. The van der Waals surface area contributed by atoms with Crippen molar-refractivity contribution in [2.75, 3.05) is 5.73 Å². The summed E-state index contributed by atoms with van der Waals surface area (Å²) in [6, 6.07) is 3.14. The van der Waals surface area contributed by atoms with Crippen LogP contribution in [0.1, 0.15) is 26.2 Å². The van der Waals surface area contributed by atoms with Crippen molar-refractivity contribution in [3.8, 4) is 0 Å². The molecule has 92 valence electrons. The number of aromatic nitrogens is 2. The van der Waals surface area contributed by atoms with Gasteiger partial charge in [-0.05, 0) is 28.4 Å². The monoisotopic (exact) mass is 299 g/mol. The van der Waals surface area contributed by atoms with E-state index in [2.05, 4.69) is 27.8 Å². The average Bonchev–Trinajstić information content (AvgIpc) is 2.57. The minimum absolute atomic E-state index is 0.310. The highest BCUT2D eigenvalue weighted by Gasteiger charge is 2.11. The Balaban J connectivity index is 2.40. The summed E-state index contributed by atoms with van der Waals surface area (Å²) in [6.07, 6.45) is 3.37. The Labute approximate surface area is 108 Å². The molecule has 2 aromatic rings.